The van der Waals surface area contributed by atoms with Gasteiger partial charge in [-0.2, -0.15) is 0 Å². The molecule has 0 aromatic rings. The van der Waals surface area contributed by atoms with E-state index in [2.05, 4.69) is 0 Å². The molecule has 2 aliphatic rings. The number of rotatable bonds is 0. The molecule has 0 amide bonds. The normalized spacial score (nSPS) is 19.1. The highest BCUT2D eigenvalue weighted by Crippen LogP contribution is 2.31. The molecule has 0 saturated carbocycles. The summed E-state index contributed by atoms with van der Waals surface area (Å²) in [4.78, 5) is 0. The molecule has 2 rings (SSSR count). The van der Waals surface area contributed by atoms with Gasteiger partial charge in [0.1, 0.15) is 0 Å². The highest BCUT2D eigenvalue weighted by Gasteiger charge is 2.16. The van der Waals surface area contributed by atoms with E-state index < -0.39 is 0 Å². The Kier molecular flexibility index (Phi) is 8.81. The summed E-state index contributed by atoms with van der Waals surface area (Å²) >= 11 is 0. The van der Waals surface area contributed by atoms with Crippen molar-refractivity contribution in [2.75, 3.05) is 6.61 Å². The Balaban J connectivity index is 0.000000379. The van der Waals surface area contributed by atoms with Crippen molar-refractivity contribution < 1.29 is 4.74 Å². The minimum atomic E-state index is 0.971. The summed E-state index contributed by atoms with van der Waals surface area (Å²) < 4.78 is 5.56. The van der Waals surface area contributed by atoms with Crippen molar-refractivity contribution in [3.63, 3.8) is 0 Å². The minimum absolute atomic E-state index is 0.971. The third-order valence-corrected chi connectivity index (χ3v) is 2.43. The Morgan fingerprint density at radius 3 is 2.00 bits per heavy atom. The molecule has 0 radical (unpaired) electrons. The maximum atomic E-state index is 5.56. The smallest absolute Gasteiger partial charge is 0.0951 e. The van der Waals surface area contributed by atoms with Gasteiger partial charge in [0.25, 0.3) is 0 Å². The molecule has 1 aliphatic heterocycles. The highest BCUT2D eigenvalue weighted by atomic mass is 16.5. The summed E-state index contributed by atoms with van der Waals surface area (Å²) in [5.74, 6) is 1.34. The summed E-state index contributed by atoms with van der Waals surface area (Å²) in [7, 11) is 0. The second-order valence-corrected chi connectivity index (χ2v) is 3.19. The second kappa shape index (κ2) is 9.11. The lowest BCUT2D eigenvalue weighted by Crippen LogP contribution is -2.10. The van der Waals surface area contributed by atoms with Gasteiger partial charge in [-0.25, -0.2) is 0 Å². The van der Waals surface area contributed by atoms with E-state index >= 15 is 0 Å². The first-order valence-electron chi connectivity index (χ1n) is 6.30. The van der Waals surface area contributed by atoms with E-state index in [-0.39, 0.29) is 0 Å². The van der Waals surface area contributed by atoms with Crippen LogP contribution in [0.2, 0.25) is 0 Å². The van der Waals surface area contributed by atoms with E-state index in [0.29, 0.717) is 0 Å². The Morgan fingerprint density at radius 2 is 1.36 bits per heavy atom. The van der Waals surface area contributed by atoms with Crippen LogP contribution in [0.5, 0.6) is 0 Å². The van der Waals surface area contributed by atoms with Crippen LogP contribution in [0.15, 0.2) is 11.3 Å². The predicted molar refractivity (Wildman–Crippen MR) is 63.4 cm³/mol. The van der Waals surface area contributed by atoms with Crippen LogP contribution in [0.1, 0.15) is 66.2 Å². The van der Waals surface area contributed by atoms with Gasteiger partial charge in [-0.1, -0.05) is 27.7 Å². The Hall–Kier alpha value is -0.460. The summed E-state index contributed by atoms with van der Waals surface area (Å²) in [6, 6.07) is 0. The monoisotopic (exact) mass is 198 g/mol. The molecule has 1 heteroatoms. The van der Waals surface area contributed by atoms with Crippen molar-refractivity contribution in [2.24, 2.45) is 0 Å². The van der Waals surface area contributed by atoms with Crippen LogP contribution in [0.25, 0.3) is 0 Å². The van der Waals surface area contributed by atoms with E-state index in [1.54, 1.807) is 5.57 Å². The SMILES string of the molecule is C1CCC2=C(C1)CCCO2.CC.CC. The summed E-state index contributed by atoms with van der Waals surface area (Å²) in [6.45, 7) is 8.97. The summed E-state index contributed by atoms with van der Waals surface area (Å²) in [5, 5.41) is 0. The van der Waals surface area contributed by atoms with E-state index in [0.717, 1.165) is 6.61 Å². The number of hydrogen-bond donors (Lipinski definition) is 0. The van der Waals surface area contributed by atoms with Gasteiger partial charge in [-0.15, -0.1) is 0 Å². The molecule has 0 saturated heterocycles. The lowest BCUT2D eigenvalue weighted by atomic mass is 9.93. The first-order valence-corrected chi connectivity index (χ1v) is 6.30. The molecular formula is C13H26O. The fraction of sp³-hybridized carbons (Fsp3) is 0.846. The van der Waals surface area contributed by atoms with Crippen molar-refractivity contribution in [3.05, 3.63) is 11.3 Å². The van der Waals surface area contributed by atoms with Gasteiger partial charge in [0, 0.05) is 6.42 Å². The maximum absolute atomic E-state index is 5.56. The minimum Gasteiger partial charge on any atom is -0.498 e. The molecule has 14 heavy (non-hydrogen) atoms. The van der Waals surface area contributed by atoms with Gasteiger partial charge in [0.2, 0.25) is 0 Å². The molecule has 0 N–H and O–H groups in total. The van der Waals surface area contributed by atoms with E-state index in [9.17, 15) is 0 Å². The predicted octanol–water partition coefficient (Wildman–Crippen LogP) is 4.68. The van der Waals surface area contributed by atoms with E-state index in [1.165, 1.54) is 44.3 Å². The lowest BCUT2D eigenvalue weighted by Gasteiger charge is -2.24. The van der Waals surface area contributed by atoms with Crippen molar-refractivity contribution in [1.82, 2.24) is 0 Å². The molecule has 1 heterocycles. The molecule has 0 unspecified atom stereocenters. The van der Waals surface area contributed by atoms with Crippen LogP contribution in [0, 0.1) is 0 Å². The second-order valence-electron chi connectivity index (χ2n) is 3.19. The summed E-state index contributed by atoms with van der Waals surface area (Å²) in [5.41, 5.74) is 1.62. The third-order valence-electron chi connectivity index (χ3n) is 2.43. The van der Waals surface area contributed by atoms with Crippen LogP contribution in [-0.4, -0.2) is 6.61 Å². The van der Waals surface area contributed by atoms with Gasteiger partial charge in [0.15, 0.2) is 0 Å². The van der Waals surface area contributed by atoms with Crippen molar-refractivity contribution >= 4 is 0 Å². The zero-order valence-corrected chi connectivity index (χ0v) is 10.4. The fourth-order valence-electron chi connectivity index (χ4n) is 1.86. The maximum Gasteiger partial charge on any atom is 0.0951 e. The molecule has 1 aliphatic carbocycles. The van der Waals surface area contributed by atoms with E-state index in [4.69, 9.17) is 4.74 Å². The van der Waals surface area contributed by atoms with Crippen LogP contribution in [0.4, 0.5) is 0 Å². The Labute approximate surface area is 89.5 Å². The van der Waals surface area contributed by atoms with Crippen molar-refractivity contribution in [2.45, 2.75) is 66.2 Å². The fourth-order valence-corrected chi connectivity index (χ4v) is 1.86. The summed E-state index contributed by atoms with van der Waals surface area (Å²) in [6.07, 6.45) is 7.83. The standard InChI is InChI=1S/C9H14O.2C2H6/c1-2-6-9-8(4-1)5-3-7-10-9;2*1-2/h1-7H2;2*1-2H3. The molecular weight excluding hydrogens is 172 g/mol. The highest BCUT2D eigenvalue weighted by molar-refractivity contribution is 5.13. The average Bonchev–Trinajstić information content (AvgIpc) is 2.34. The van der Waals surface area contributed by atoms with Crippen LogP contribution in [-0.2, 0) is 4.74 Å². The van der Waals surface area contributed by atoms with Gasteiger partial charge >= 0.3 is 0 Å². The van der Waals surface area contributed by atoms with Crippen molar-refractivity contribution in [3.8, 4) is 0 Å². The Morgan fingerprint density at radius 1 is 0.786 bits per heavy atom. The van der Waals surface area contributed by atoms with Crippen molar-refractivity contribution in [1.29, 1.82) is 0 Å². The zero-order valence-electron chi connectivity index (χ0n) is 10.4. The van der Waals surface area contributed by atoms with Gasteiger partial charge in [-0.05, 0) is 37.7 Å². The van der Waals surface area contributed by atoms with Crippen LogP contribution < -0.4 is 0 Å². The molecule has 0 aromatic carbocycles. The third kappa shape index (κ3) is 4.17. The van der Waals surface area contributed by atoms with Gasteiger partial charge in [0.05, 0.1) is 12.4 Å². The number of allylic oxidation sites excluding steroid dienone is 2. The van der Waals surface area contributed by atoms with Gasteiger partial charge in [-0.3, -0.25) is 0 Å². The molecule has 0 bridgehead atoms. The Bertz CT molecular complexity index is 125. The van der Waals surface area contributed by atoms with Gasteiger partial charge < -0.3 is 4.74 Å². The molecule has 84 valence electrons. The molecule has 0 aromatic heterocycles. The lowest BCUT2D eigenvalue weighted by molar-refractivity contribution is 0.168. The largest absolute Gasteiger partial charge is 0.498 e. The molecule has 0 atom stereocenters. The number of hydrogen-bond acceptors (Lipinski definition) is 1. The molecule has 0 fully saturated rings. The quantitative estimate of drug-likeness (QED) is 0.549. The first kappa shape index (κ1) is 13.5. The topological polar surface area (TPSA) is 9.23 Å². The molecule has 0 spiro atoms. The number of ether oxygens (including phenoxy) is 1. The van der Waals surface area contributed by atoms with E-state index in [1.807, 2.05) is 27.7 Å². The van der Waals surface area contributed by atoms with Crippen LogP contribution >= 0.6 is 0 Å². The first-order chi connectivity index (χ1) is 6.97. The average molecular weight is 198 g/mol. The van der Waals surface area contributed by atoms with Crippen LogP contribution in [0.3, 0.4) is 0 Å². The molecule has 1 nitrogen and oxygen atoms in total. The zero-order chi connectivity index (χ0) is 10.8.